The van der Waals surface area contributed by atoms with Crippen LogP contribution >= 0.6 is 0 Å². The smallest absolute Gasteiger partial charge is 0.337 e. The lowest BCUT2D eigenvalue weighted by molar-refractivity contribution is -0.418. The maximum atomic E-state index is 14.1. The molecule has 1 N–H and O–H groups in total. The summed E-state index contributed by atoms with van der Waals surface area (Å²) >= 11 is 0. The number of carbonyl (C=O) groups excluding carboxylic acids is 1. The fourth-order valence-corrected chi connectivity index (χ4v) is 4.98. The largest absolute Gasteiger partial charge is 0.378 e. The second kappa shape index (κ2) is 6.96. The topological polar surface area (TPSA) is 32.3 Å². The molecule has 4 rings (SSSR count). The second-order valence-electron chi connectivity index (χ2n) is 8.49. The van der Waals surface area contributed by atoms with Gasteiger partial charge in [-0.3, -0.25) is 0 Å². The minimum absolute atomic E-state index is 0.0841. The SMILES string of the molecule is O=C(NCC1CCCc2ccccc21)N1CC2C(C1)C(F)(F)C(F)(F)C(F)(F)C2(F)F. The molecule has 0 bridgehead atoms. The van der Waals surface area contributed by atoms with Crippen molar-refractivity contribution in [2.24, 2.45) is 11.8 Å². The van der Waals surface area contributed by atoms with E-state index in [-0.39, 0.29) is 12.5 Å². The van der Waals surface area contributed by atoms with Crippen molar-refractivity contribution < 1.29 is 39.9 Å². The lowest BCUT2D eigenvalue weighted by Gasteiger charge is -2.47. The third kappa shape index (κ3) is 3.01. The van der Waals surface area contributed by atoms with E-state index < -0.39 is 54.6 Å². The molecule has 0 radical (unpaired) electrons. The number of amides is 2. The molecular weight excluding hydrogens is 436 g/mol. The lowest BCUT2D eigenvalue weighted by Crippen LogP contribution is -2.72. The third-order valence-corrected chi connectivity index (χ3v) is 6.76. The molecule has 2 aliphatic carbocycles. The molecule has 3 aliphatic rings. The van der Waals surface area contributed by atoms with Gasteiger partial charge in [-0.15, -0.1) is 0 Å². The summed E-state index contributed by atoms with van der Waals surface area (Å²) in [7, 11) is 0. The van der Waals surface area contributed by atoms with Gasteiger partial charge in [0.15, 0.2) is 0 Å². The fourth-order valence-electron chi connectivity index (χ4n) is 4.98. The number of urea groups is 1. The number of rotatable bonds is 2. The monoisotopic (exact) mass is 456 g/mol. The number of likely N-dealkylation sites (tertiary alicyclic amines) is 1. The van der Waals surface area contributed by atoms with Crippen molar-refractivity contribution in [2.45, 2.75) is 48.9 Å². The zero-order valence-electron chi connectivity index (χ0n) is 16.2. The van der Waals surface area contributed by atoms with Crippen LogP contribution in [0.1, 0.15) is 29.9 Å². The van der Waals surface area contributed by atoms with Crippen LogP contribution in [-0.4, -0.2) is 54.3 Å². The summed E-state index contributed by atoms with van der Waals surface area (Å²) in [4.78, 5) is 12.9. The first-order valence-electron chi connectivity index (χ1n) is 9.94. The summed E-state index contributed by atoms with van der Waals surface area (Å²) in [5, 5.41) is 2.46. The van der Waals surface area contributed by atoms with E-state index in [1.807, 2.05) is 24.3 Å². The van der Waals surface area contributed by atoms with E-state index in [1.165, 1.54) is 0 Å². The normalized spacial score (nSPS) is 32.1. The van der Waals surface area contributed by atoms with E-state index in [4.69, 9.17) is 0 Å². The highest BCUT2D eigenvalue weighted by atomic mass is 19.4. The molecule has 0 spiro atoms. The first kappa shape index (κ1) is 22.1. The summed E-state index contributed by atoms with van der Waals surface area (Å²) in [6.45, 7) is -2.24. The van der Waals surface area contributed by atoms with Gasteiger partial charge in [0.2, 0.25) is 0 Å². The van der Waals surface area contributed by atoms with Crippen LogP contribution in [0.5, 0.6) is 0 Å². The molecule has 31 heavy (non-hydrogen) atoms. The predicted octanol–water partition coefficient (Wildman–Crippen LogP) is 4.92. The first-order chi connectivity index (χ1) is 14.3. The Morgan fingerprint density at radius 1 is 0.935 bits per heavy atom. The van der Waals surface area contributed by atoms with Gasteiger partial charge < -0.3 is 10.2 Å². The van der Waals surface area contributed by atoms with Crippen molar-refractivity contribution in [3.8, 4) is 0 Å². The Morgan fingerprint density at radius 2 is 1.48 bits per heavy atom. The summed E-state index contributed by atoms with van der Waals surface area (Å²) in [6, 6.07) is 6.52. The Balaban J connectivity index is 1.49. The maximum Gasteiger partial charge on any atom is 0.378 e. The van der Waals surface area contributed by atoms with Gasteiger partial charge in [0, 0.05) is 25.6 Å². The third-order valence-electron chi connectivity index (χ3n) is 6.76. The molecule has 1 aromatic carbocycles. The van der Waals surface area contributed by atoms with Crippen LogP contribution in [-0.2, 0) is 6.42 Å². The number of carbonyl (C=O) groups is 1. The molecule has 3 unspecified atom stereocenters. The number of aryl methyl sites for hydroxylation is 1. The molecule has 3 nitrogen and oxygen atoms in total. The van der Waals surface area contributed by atoms with Crippen molar-refractivity contribution in [2.75, 3.05) is 19.6 Å². The average Bonchev–Trinajstić information content (AvgIpc) is 3.18. The standard InChI is InChI=1S/C20H20F8N2O/c21-17(22)14-9-30(10-15(14)18(23,24)20(27,28)19(17,25)26)16(31)29-8-12-6-3-5-11-4-1-2-7-13(11)12/h1-2,4,7,12,14-15H,3,5-6,8-10H2,(H,29,31). The molecule has 3 atom stereocenters. The highest BCUT2D eigenvalue weighted by molar-refractivity contribution is 5.74. The number of hydrogen-bond acceptors (Lipinski definition) is 1. The minimum atomic E-state index is -6.23. The van der Waals surface area contributed by atoms with E-state index in [0.29, 0.717) is 4.90 Å². The van der Waals surface area contributed by atoms with E-state index in [2.05, 4.69) is 5.32 Å². The quantitative estimate of drug-likeness (QED) is 0.630. The number of benzene rings is 1. The van der Waals surface area contributed by atoms with E-state index in [0.717, 1.165) is 30.4 Å². The number of nitrogens with zero attached hydrogens (tertiary/aromatic N) is 1. The Hall–Kier alpha value is -2.07. The molecule has 1 aromatic rings. The number of halogens is 8. The van der Waals surface area contributed by atoms with E-state index in [9.17, 15) is 39.9 Å². The average molecular weight is 456 g/mol. The van der Waals surface area contributed by atoms with Gasteiger partial charge in [0.1, 0.15) is 0 Å². The summed E-state index contributed by atoms with van der Waals surface area (Å²) in [5.41, 5.74) is 2.10. The zero-order chi connectivity index (χ0) is 22.8. The fraction of sp³-hybridized carbons (Fsp3) is 0.650. The molecule has 1 saturated carbocycles. The highest BCUT2D eigenvalue weighted by Gasteiger charge is 2.89. The van der Waals surface area contributed by atoms with Crippen molar-refractivity contribution in [1.29, 1.82) is 0 Å². The van der Waals surface area contributed by atoms with Crippen molar-refractivity contribution in [3.63, 3.8) is 0 Å². The number of hydrogen-bond donors (Lipinski definition) is 1. The van der Waals surface area contributed by atoms with Crippen LogP contribution < -0.4 is 5.32 Å². The Bertz CT molecular complexity index is 840. The molecule has 2 fully saturated rings. The summed E-state index contributed by atoms with van der Waals surface area (Å²) in [5.74, 6) is -28.9. The van der Waals surface area contributed by atoms with Gasteiger partial charge >= 0.3 is 29.7 Å². The van der Waals surface area contributed by atoms with Crippen molar-refractivity contribution in [1.82, 2.24) is 10.2 Å². The maximum absolute atomic E-state index is 14.1. The van der Waals surface area contributed by atoms with Crippen LogP contribution in [0.25, 0.3) is 0 Å². The van der Waals surface area contributed by atoms with Gasteiger partial charge in [0.05, 0.1) is 11.8 Å². The summed E-state index contributed by atoms with van der Waals surface area (Å²) < 4.78 is 111. The lowest BCUT2D eigenvalue weighted by atomic mass is 9.71. The molecule has 1 saturated heterocycles. The molecule has 0 aromatic heterocycles. The minimum Gasteiger partial charge on any atom is -0.337 e. The number of alkyl halides is 8. The van der Waals surface area contributed by atoms with Gasteiger partial charge in [-0.1, -0.05) is 24.3 Å². The van der Waals surface area contributed by atoms with Crippen LogP contribution in [0, 0.1) is 11.8 Å². The molecular formula is C20H20F8N2O. The number of fused-ring (bicyclic) bond motifs is 2. The molecule has 1 aliphatic heterocycles. The molecule has 2 amide bonds. The Kier molecular flexibility index (Phi) is 4.97. The first-order valence-corrected chi connectivity index (χ1v) is 9.94. The zero-order valence-corrected chi connectivity index (χ0v) is 16.2. The van der Waals surface area contributed by atoms with Crippen LogP contribution in [0.3, 0.4) is 0 Å². The predicted molar refractivity (Wildman–Crippen MR) is 93.9 cm³/mol. The molecule has 172 valence electrons. The molecule has 11 heteroatoms. The van der Waals surface area contributed by atoms with Crippen LogP contribution in [0.2, 0.25) is 0 Å². The summed E-state index contributed by atoms with van der Waals surface area (Å²) in [6.07, 6.45) is 2.45. The van der Waals surface area contributed by atoms with Gasteiger partial charge in [0.25, 0.3) is 0 Å². The van der Waals surface area contributed by atoms with Crippen molar-refractivity contribution >= 4 is 6.03 Å². The van der Waals surface area contributed by atoms with Crippen molar-refractivity contribution in [3.05, 3.63) is 35.4 Å². The van der Waals surface area contributed by atoms with Crippen LogP contribution in [0.15, 0.2) is 24.3 Å². The van der Waals surface area contributed by atoms with Gasteiger partial charge in [-0.25, -0.2) is 4.79 Å². The van der Waals surface area contributed by atoms with E-state index in [1.54, 1.807) is 0 Å². The second-order valence-corrected chi connectivity index (χ2v) is 8.49. The highest BCUT2D eigenvalue weighted by Crippen LogP contribution is 2.65. The Morgan fingerprint density at radius 3 is 2.06 bits per heavy atom. The number of nitrogens with one attached hydrogen (secondary N) is 1. The molecule has 1 heterocycles. The van der Waals surface area contributed by atoms with Gasteiger partial charge in [-0.2, -0.15) is 35.1 Å². The van der Waals surface area contributed by atoms with Gasteiger partial charge in [-0.05, 0) is 30.4 Å². The van der Waals surface area contributed by atoms with Crippen LogP contribution in [0.4, 0.5) is 39.9 Å². The Labute approximate surface area is 172 Å². The van der Waals surface area contributed by atoms with E-state index >= 15 is 0 Å².